The lowest BCUT2D eigenvalue weighted by Gasteiger charge is -2.22. The summed E-state index contributed by atoms with van der Waals surface area (Å²) in [4.78, 5) is 12.1. The Morgan fingerprint density at radius 2 is 2.38 bits per heavy atom. The first-order valence-corrected chi connectivity index (χ1v) is 5.78. The van der Waals surface area contributed by atoms with Gasteiger partial charge in [0.25, 0.3) is 0 Å². The third-order valence-corrected chi connectivity index (χ3v) is 3.00. The zero-order chi connectivity index (χ0) is 11.5. The minimum Gasteiger partial charge on any atom is -0.489 e. The summed E-state index contributed by atoms with van der Waals surface area (Å²) in [7, 11) is 0. The van der Waals surface area contributed by atoms with E-state index >= 15 is 0 Å². The topological polar surface area (TPSA) is 38.3 Å². The SMILES string of the molecule is CCC(C)C(=O)c1cccc2c1OCCN2. The summed E-state index contributed by atoms with van der Waals surface area (Å²) in [5.74, 6) is 0.944. The van der Waals surface area contributed by atoms with Gasteiger partial charge in [0, 0.05) is 12.5 Å². The van der Waals surface area contributed by atoms with Crippen molar-refractivity contribution in [1.82, 2.24) is 0 Å². The number of ketones is 1. The van der Waals surface area contributed by atoms with Gasteiger partial charge < -0.3 is 10.1 Å². The predicted octanol–water partition coefficient (Wildman–Crippen LogP) is 2.72. The fourth-order valence-electron chi connectivity index (χ4n) is 1.82. The van der Waals surface area contributed by atoms with Crippen molar-refractivity contribution in [2.75, 3.05) is 18.5 Å². The molecule has 0 spiro atoms. The lowest BCUT2D eigenvalue weighted by Crippen LogP contribution is -2.21. The lowest BCUT2D eigenvalue weighted by molar-refractivity contribution is 0.0923. The van der Waals surface area contributed by atoms with Crippen LogP contribution in [-0.4, -0.2) is 18.9 Å². The molecular formula is C13H17NO2. The Bertz CT molecular complexity index is 401. The van der Waals surface area contributed by atoms with E-state index in [-0.39, 0.29) is 11.7 Å². The Hall–Kier alpha value is -1.51. The molecule has 3 heteroatoms. The van der Waals surface area contributed by atoms with Crippen molar-refractivity contribution >= 4 is 11.5 Å². The van der Waals surface area contributed by atoms with Crippen LogP contribution in [0.4, 0.5) is 5.69 Å². The van der Waals surface area contributed by atoms with Gasteiger partial charge in [0.2, 0.25) is 0 Å². The number of hydrogen-bond acceptors (Lipinski definition) is 3. The van der Waals surface area contributed by atoms with Crippen LogP contribution in [0.2, 0.25) is 0 Å². The number of rotatable bonds is 3. The summed E-state index contributed by atoms with van der Waals surface area (Å²) in [6.45, 7) is 5.40. The fourth-order valence-corrected chi connectivity index (χ4v) is 1.82. The van der Waals surface area contributed by atoms with E-state index in [2.05, 4.69) is 5.32 Å². The van der Waals surface area contributed by atoms with E-state index in [0.717, 1.165) is 24.4 Å². The van der Waals surface area contributed by atoms with Crippen LogP contribution in [0.25, 0.3) is 0 Å². The van der Waals surface area contributed by atoms with Crippen molar-refractivity contribution in [3.63, 3.8) is 0 Å². The van der Waals surface area contributed by atoms with E-state index in [1.165, 1.54) is 0 Å². The molecule has 0 saturated heterocycles. The van der Waals surface area contributed by atoms with E-state index in [9.17, 15) is 4.79 Å². The first-order chi connectivity index (χ1) is 7.74. The molecular weight excluding hydrogens is 202 g/mol. The zero-order valence-corrected chi connectivity index (χ0v) is 9.75. The second kappa shape index (κ2) is 4.56. The van der Waals surface area contributed by atoms with Crippen LogP contribution in [-0.2, 0) is 0 Å². The highest BCUT2D eigenvalue weighted by Gasteiger charge is 2.21. The molecule has 0 bridgehead atoms. The number of anilines is 1. The van der Waals surface area contributed by atoms with Crippen molar-refractivity contribution in [3.8, 4) is 5.75 Å². The van der Waals surface area contributed by atoms with Crippen LogP contribution < -0.4 is 10.1 Å². The Morgan fingerprint density at radius 3 is 3.12 bits per heavy atom. The summed E-state index contributed by atoms with van der Waals surface area (Å²) in [6.07, 6.45) is 0.857. The van der Waals surface area contributed by atoms with Gasteiger partial charge in [-0.2, -0.15) is 0 Å². The molecule has 1 heterocycles. The Balaban J connectivity index is 2.37. The molecule has 1 atom stereocenters. The minimum absolute atomic E-state index is 0.0528. The maximum Gasteiger partial charge on any atom is 0.169 e. The number of carbonyl (C=O) groups is 1. The van der Waals surface area contributed by atoms with Crippen molar-refractivity contribution in [1.29, 1.82) is 0 Å². The van der Waals surface area contributed by atoms with Crippen molar-refractivity contribution in [2.24, 2.45) is 5.92 Å². The summed E-state index contributed by atoms with van der Waals surface area (Å²) < 4.78 is 5.59. The van der Waals surface area contributed by atoms with Gasteiger partial charge in [-0.25, -0.2) is 0 Å². The van der Waals surface area contributed by atoms with Gasteiger partial charge in [0.05, 0.1) is 11.3 Å². The van der Waals surface area contributed by atoms with Crippen LogP contribution in [0, 0.1) is 5.92 Å². The van der Waals surface area contributed by atoms with Gasteiger partial charge in [-0.05, 0) is 18.6 Å². The highest BCUT2D eigenvalue weighted by molar-refractivity contribution is 6.01. The number of hydrogen-bond donors (Lipinski definition) is 1. The quantitative estimate of drug-likeness (QED) is 0.794. The van der Waals surface area contributed by atoms with E-state index in [4.69, 9.17) is 4.74 Å². The highest BCUT2D eigenvalue weighted by Crippen LogP contribution is 2.32. The predicted molar refractivity (Wildman–Crippen MR) is 64.2 cm³/mol. The van der Waals surface area contributed by atoms with Gasteiger partial charge in [-0.15, -0.1) is 0 Å². The van der Waals surface area contributed by atoms with Gasteiger partial charge >= 0.3 is 0 Å². The second-order valence-corrected chi connectivity index (χ2v) is 4.13. The molecule has 1 aliphatic rings. The van der Waals surface area contributed by atoms with Gasteiger partial charge in [0.15, 0.2) is 11.5 Å². The van der Waals surface area contributed by atoms with Crippen molar-refractivity contribution in [2.45, 2.75) is 20.3 Å². The molecule has 1 aliphatic heterocycles. The molecule has 1 aromatic carbocycles. The highest BCUT2D eigenvalue weighted by atomic mass is 16.5. The average Bonchev–Trinajstić information content (AvgIpc) is 2.36. The van der Waals surface area contributed by atoms with Crippen LogP contribution in [0.15, 0.2) is 18.2 Å². The standard InChI is InChI=1S/C13H17NO2/c1-3-9(2)12(15)10-5-4-6-11-13(10)16-8-7-14-11/h4-6,9,14H,3,7-8H2,1-2H3. The average molecular weight is 219 g/mol. The lowest BCUT2D eigenvalue weighted by atomic mass is 9.96. The van der Waals surface area contributed by atoms with E-state index < -0.39 is 0 Å². The Morgan fingerprint density at radius 1 is 1.56 bits per heavy atom. The van der Waals surface area contributed by atoms with Gasteiger partial charge in [-0.3, -0.25) is 4.79 Å². The number of benzene rings is 1. The molecule has 2 rings (SSSR count). The monoisotopic (exact) mass is 219 g/mol. The molecule has 0 amide bonds. The number of nitrogens with one attached hydrogen (secondary N) is 1. The van der Waals surface area contributed by atoms with Gasteiger partial charge in [-0.1, -0.05) is 19.9 Å². The summed E-state index contributed by atoms with van der Waals surface area (Å²) in [5.41, 5.74) is 1.64. The summed E-state index contributed by atoms with van der Waals surface area (Å²) >= 11 is 0. The second-order valence-electron chi connectivity index (χ2n) is 4.13. The molecule has 0 radical (unpaired) electrons. The first kappa shape index (κ1) is 11.0. The molecule has 0 aromatic heterocycles. The fraction of sp³-hybridized carbons (Fsp3) is 0.462. The van der Waals surface area contributed by atoms with E-state index in [1.54, 1.807) is 0 Å². The van der Waals surface area contributed by atoms with Gasteiger partial charge in [0.1, 0.15) is 6.61 Å². The smallest absolute Gasteiger partial charge is 0.169 e. The summed E-state index contributed by atoms with van der Waals surface area (Å²) in [5, 5.41) is 3.24. The molecule has 16 heavy (non-hydrogen) atoms. The molecule has 0 aliphatic carbocycles. The number of ether oxygens (including phenoxy) is 1. The van der Waals surface area contributed by atoms with Crippen LogP contribution in [0.1, 0.15) is 30.6 Å². The van der Waals surface area contributed by atoms with Crippen LogP contribution in [0.3, 0.4) is 0 Å². The third kappa shape index (κ3) is 1.90. The zero-order valence-electron chi connectivity index (χ0n) is 9.75. The number of carbonyl (C=O) groups excluding carboxylic acids is 1. The molecule has 86 valence electrons. The Labute approximate surface area is 95.8 Å². The maximum atomic E-state index is 12.1. The van der Waals surface area contributed by atoms with Crippen molar-refractivity contribution in [3.05, 3.63) is 23.8 Å². The molecule has 0 fully saturated rings. The van der Waals surface area contributed by atoms with Crippen LogP contribution in [0.5, 0.6) is 5.75 Å². The van der Waals surface area contributed by atoms with Crippen molar-refractivity contribution < 1.29 is 9.53 Å². The normalized spacial score (nSPS) is 15.6. The number of Topliss-reactive ketones (excluding diaryl/α,β-unsaturated/α-hetero) is 1. The molecule has 3 nitrogen and oxygen atoms in total. The summed E-state index contributed by atoms with van der Waals surface area (Å²) in [6, 6.07) is 5.69. The third-order valence-electron chi connectivity index (χ3n) is 3.00. The molecule has 0 saturated carbocycles. The van der Waals surface area contributed by atoms with E-state index in [0.29, 0.717) is 12.2 Å². The first-order valence-electron chi connectivity index (χ1n) is 5.78. The largest absolute Gasteiger partial charge is 0.489 e. The minimum atomic E-state index is 0.0528. The van der Waals surface area contributed by atoms with Crippen LogP contribution >= 0.6 is 0 Å². The maximum absolute atomic E-state index is 12.1. The molecule has 1 unspecified atom stereocenters. The molecule has 1 aromatic rings. The van der Waals surface area contributed by atoms with E-state index in [1.807, 2.05) is 32.0 Å². The Kier molecular flexibility index (Phi) is 3.13. The number of para-hydroxylation sites is 1. The number of fused-ring (bicyclic) bond motifs is 1. The molecule has 1 N–H and O–H groups in total.